The summed E-state index contributed by atoms with van der Waals surface area (Å²) in [7, 11) is 0. The molecule has 8 heteroatoms. The van der Waals surface area contributed by atoms with E-state index in [4.69, 9.17) is 5.11 Å². The fraction of sp³-hybridized carbons (Fsp3) is 0.278. The summed E-state index contributed by atoms with van der Waals surface area (Å²) >= 11 is 0. The maximum absolute atomic E-state index is 12.9. The highest BCUT2D eigenvalue weighted by Crippen LogP contribution is 2.18. The van der Waals surface area contributed by atoms with E-state index in [1.54, 1.807) is 6.92 Å². The number of carbonyl (C=O) groups is 2. The maximum Gasteiger partial charge on any atom is 0.303 e. The summed E-state index contributed by atoms with van der Waals surface area (Å²) in [4.78, 5) is 39.5. The number of nitrogens with zero attached hydrogens (tertiary/aromatic N) is 3. The zero-order valence-electron chi connectivity index (χ0n) is 14.3. The van der Waals surface area contributed by atoms with Crippen molar-refractivity contribution in [2.45, 2.75) is 26.3 Å². The van der Waals surface area contributed by atoms with Crippen molar-refractivity contribution in [2.24, 2.45) is 0 Å². The molecule has 0 aliphatic carbocycles. The van der Waals surface area contributed by atoms with Crippen LogP contribution in [0.3, 0.4) is 0 Å². The molecule has 1 amide bonds. The van der Waals surface area contributed by atoms with Crippen LogP contribution in [0.5, 0.6) is 0 Å². The number of aryl methyl sites for hydroxylation is 1. The number of pyridine rings is 1. The zero-order chi connectivity index (χ0) is 19.1. The first-order chi connectivity index (χ1) is 12.4. The summed E-state index contributed by atoms with van der Waals surface area (Å²) in [6, 6.07) is 10.5. The van der Waals surface area contributed by atoms with Gasteiger partial charge in [-0.1, -0.05) is 30.3 Å². The average Bonchev–Trinajstić information content (AvgIpc) is 2.61. The lowest BCUT2D eigenvalue weighted by Crippen LogP contribution is -2.32. The van der Waals surface area contributed by atoms with Crippen molar-refractivity contribution in [3.8, 4) is 0 Å². The van der Waals surface area contributed by atoms with Gasteiger partial charge in [0.05, 0.1) is 16.2 Å². The summed E-state index contributed by atoms with van der Waals surface area (Å²) < 4.78 is 0. The van der Waals surface area contributed by atoms with Gasteiger partial charge in [-0.2, -0.15) is 0 Å². The van der Waals surface area contributed by atoms with Gasteiger partial charge in [0, 0.05) is 25.6 Å². The van der Waals surface area contributed by atoms with Crippen LogP contribution in [0.4, 0.5) is 5.69 Å². The van der Waals surface area contributed by atoms with Gasteiger partial charge in [0.2, 0.25) is 0 Å². The number of amides is 1. The van der Waals surface area contributed by atoms with Crippen LogP contribution in [0, 0.1) is 17.0 Å². The highest BCUT2D eigenvalue weighted by atomic mass is 16.6. The van der Waals surface area contributed by atoms with E-state index in [0.717, 1.165) is 11.8 Å². The number of nitro groups is 1. The topological polar surface area (TPSA) is 114 Å². The fourth-order valence-corrected chi connectivity index (χ4v) is 2.49. The predicted octanol–water partition coefficient (Wildman–Crippen LogP) is 2.81. The third-order valence-corrected chi connectivity index (χ3v) is 3.84. The highest BCUT2D eigenvalue weighted by Gasteiger charge is 2.21. The minimum atomic E-state index is -0.940. The standard InChI is InChI=1S/C18H19N3O5/c1-13-16(10-15(11-19-13)21(25)26)18(24)20(9-5-8-17(22)23)12-14-6-3-2-4-7-14/h2-4,6-7,10-11H,5,8-9,12H2,1H3,(H,22,23). The second kappa shape index (κ2) is 8.70. The largest absolute Gasteiger partial charge is 0.481 e. The molecule has 8 nitrogen and oxygen atoms in total. The molecule has 0 saturated carbocycles. The van der Waals surface area contributed by atoms with E-state index in [1.165, 1.54) is 11.0 Å². The van der Waals surface area contributed by atoms with Crippen molar-refractivity contribution in [3.05, 3.63) is 69.5 Å². The summed E-state index contributed by atoms with van der Waals surface area (Å²) in [5, 5.41) is 19.8. The van der Waals surface area contributed by atoms with Gasteiger partial charge in [-0.25, -0.2) is 0 Å². The fourth-order valence-electron chi connectivity index (χ4n) is 2.49. The van der Waals surface area contributed by atoms with Crippen molar-refractivity contribution in [1.29, 1.82) is 0 Å². The number of hydrogen-bond acceptors (Lipinski definition) is 5. The Balaban J connectivity index is 2.28. The second-order valence-electron chi connectivity index (χ2n) is 5.79. The number of carboxylic acid groups (broad SMARTS) is 1. The molecular weight excluding hydrogens is 338 g/mol. The van der Waals surface area contributed by atoms with Crippen LogP contribution in [0.2, 0.25) is 0 Å². The molecule has 0 aliphatic heterocycles. The van der Waals surface area contributed by atoms with Crippen LogP contribution in [0.15, 0.2) is 42.6 Å². The smallest absolute Gasteiger partial charge is 0.303 e. The molecule has 2 aromatic rings. The molecule has 0 bridgehead atoms. The predicted molar refractivity (Wildman–Crippen MR) is 93.7 cm³/mol. The Labute approximate surface area is 150 Å². The Kier molecular flexibility index (Phi) is 6.37. The van der Waals surface area contributed by atoms with Gasteiger partial charge in [-0.3, -0.25) is 24.7 Å². The molecule has 0 spiro atoms. The first-order valence-electron chi connectivity index (χ1n) is 8.04. The molecule has 1 aromatic heterocycles. The number of aliphatic carboxylic acids is 1. The molecule has 0 fully saturated rings. The molecule has 2 rings (SSSR count). The van der Waals surface area contributed by atoms with E-state index in [9.17, 15) is 19.7 Å². The first-order valence-corrected chi connectivity index (χ1v) is 8.04. The molecule has 1 N–H and O–H groups in total. The number of carboxylic acids is 1. The van der Waals surface area contributed by atoms with Gasteiger partial charge < -0.3 is 10.0 Å². The summed E-state index contributed by atoms with van der Waals surface area (Å²) in [5.74, 6) is -1.35. The molecular formula is C18H19N3O5. The van der Waals surface area contributed by atoms with E-state index < -0.39 is 16.8 Å². The van der Waals surface area contributed by atoms with Crippen molar-refractivity contribution in [3.63, 3.8) is 0 Å². The molecule has 0 unspecified atom stereocenters. The Hall–Kier alpha value is -3.29. The number of aromatic nitrogens is 1. The SMILES string of the molecule is Cc1ncc([N+](=O)[O-])cc1C(=O)N(CCCC(=O)O)Cc1ccccc1. The Morgan fingerprint density at radius 1 is 1.27 bits per heavy atom. The first kappa shape index (κ1) is 19.0. The minimum Gasteiger partial charge on any atom is -0.481 e. The van der Waals surface area contributed by atoms with Crippen molar-refractivity contribution in [1.82, 2.24) is 9.88 Å². The molecule has 136 valence electrons. The van der Waals surface area contributed by atoms with Crippen LogP contribution >= 0.6 is 0 Å². The Morgan fingerprint density at radius 2 is 1.96 bits per heavy atom. The van der Waals surface area contributed by atoms with Crippen molar-refractivity contribution >= 4 is 17.6 Å². The lowest BCUT2D eigenvalue weighted by molar-refractivity contribution is -0.385. The molecule has 0 radical (unpaired) electrons. The van der Waals surface area contributed by atoms with Crippen molar-refractivity contribution < 1.29 is 19.6 Å². The summed E-state index contributed by atoms with van der Waals surface area (Å²) in [5.41, 5.74) is 1.15. The highest BCUT2D eigenvalue weighted by molar-refractivity contribution is 5.95. The number of carbonyl (C=O) groups excluding carboxylic acids is 1. The molecule has 26 heavy (non-hydrogen) atoms. The van der Waals surface area contributed by atoms with Gasteiger partial charge in [-0.15, -0.1) is 0 Å². The van der Waals surface area contributed by atoms with Crippen LogP contribution in [0.25, 0.3) is 0 Å². The van der Waals surface area contributed by atoms with Gasteiger partial charge >= 0.3 is 5.97 Å². The number of benzene rings is 1. The molecule has 0 aliphatic rings. The Bertz CT molecular complexity index is 808. The minimum absolute atomic E-state index is 0.0647. The van der Waals surface area contributed by atoms with Gasteiger partial charge in [0.1, 0.15) is 6.20 Å². The van der Waals surface area contributed by atoms with Crippen LogP contribution in [0.1, 0.15) is 34.5 Å². The van der Waals surface area contributed by atoms with Crippen LogP contribution in [-0.2, 0) is 11.3 Å². The summed E-state index contributed by atoms with van der Waals surface area (Å²) in [6.45, 7) is 2.11. The van der Waals surface area contributed by atoms with Crippen LogP contribution in [-0.4, -0.2) is 38.3 Å². The maximum atomic E-state index is 12.9. The molecule has 1 aromatic carbocycles. The van der Waals surface area contributed by atoms with Crippen molar-refractivity contribution in [2.75, 3.05) is 6.54 Å². The quantitative estimate of drug-likeness (QED) is 0.574. The van der Waals surface area contributed by atoms with E-state index in [2.05, 4.69) is 4.98 Å². The normalized spacial score (nSPS) is 10.3. The average molecular weight is 357 g/mol. The molecule has 1 heterocycles. The third kappa shape index (κ3) is 5.10. The Morgan fingerprint density at radius 3 is 2.58 bits per heavy atom. The van der Waals surface area contributed by atoms with Crippen LogP contribution < -0.4 is 0 Å². The molecule has 0 atom stereocenters. The van der Waals surface area contributed by atoms with E-state index >= 15 is 0 Å². The number of rotatable bonds is 8. The van der Waals surface area contributed by atoms with E-state index in [1.807, 2.05) is 30.3 Å². The molecule has 0 saturated heterocycles. The zero-order valence-corrected chi connectivity index (χ0v) is 14.3. The van der Waals surface area contributed by atoms with Gasteiger partial charge in [-0.05, 0) is 18.9 Å². The third-order valence-electron chi connectivity index (χ3n) is 3.84. The summed E-state index contributed by atoms with van der Waals surface area (Å²) in [6.07, 6.45) is 1.33. The van der Waals surface area contributed by atoms with E-state index in [-0.39, 0.29) is 37.2 Å². The monoisotopic (exact) mass is 357 g/mol. The van der Waals surface area contributed by atoms with E-state index in [0.29, 0.717) is 5.69 Å². The lowest BCUT2D eigenvalue weighted by atomic mass is 10.1. The van der Waals surface area contributed by atoms with Gasteiger partial charge in [0.15, 0.2) is 0 Å². The lowest BCUT2D eigenvalue weighted by Gasteiger charge is -2.23. The number of hydrogen-bond donors (Lipinski definition) is 1. The van der Waals surface area contributed by atoms with Gasteiger partial charge in [0.25, 0.3) is 11.6 Å². The second-order valence-corrected chi connectivity index (χ2v) is 5.79.